The van der Waals surface area contributed by atoms with E-state index < -0.39 is 0 Å². The zero-order valence-corrected chi connectivity index (χ0v) is 10.3. The maximum atomic E-state index is 9.45. The average Bonchev–Trinajstić information content (AvgIpc) is 3.13. The Bertz CT molecular complexity index is 259. The molecule has 1 saturated carbocycles. The SMILES string of the molecule is CNC(C#N)(CN1CCCCCC1)C1CC1. The molecule has 2 rings (SSSR count). The average molecular weight is 221 g/mol. The van der Waals surface area contributed by atoms with Gasteiger partial charge in [-0.2, -0.15) is 5.26 Å². The van der Waals surface area contributed by atoms with E-state index in [1.807, 2.05) is 7.05 Å². The number of rotatable bonds is 4. The van der Waals surface area contributed by atoms with Gasteiger partial charge in [-0.25, -0.2) is 0 Å². The third kappa shape index (κ3) is 2.56. The molecule has 0 spiro atoms. The highest BCUT2D eigenvalue weighted by Crippen LogP contribution is 2.39. The first-order valence-corrected chi connectivity index (χ1v) is 6.63. The maximum absolute atomic E-state index is 9.45. The third-order valence-corrected chi connectivity index (χ3v) is 4.09. The van der Waals surface area contributed by atoms with E-state index in [4.69, 9.17) is 0 Å². The number of hydrogen-bond acceptors (Lipinski definition) is 3. The van der Waals surface area contributed by atoms with Crippen molar-refractivity contribution in [2.24, 2.45) is 5.92 Å². The minimum atomic E-state index is -0.273. The molecule has 0 aromatic heterocycles. The van der Waals surface area contributed by atoms with Crippen molar-refractivity contribution in [1.29, 1.82) is 5.26 Å². The van der Waals surface area contributed by atoms with Gasteiger partial charge < -0.3 is 10.2 Å². The van der Waals surface area contributed by atoms with Crippen molar-refractivity contribution >= 4 is 0 Å². The van der Waals surface area contributed by atoms with Crippen LogP contribution in [0.2, 0.25) is 0 Å². The zero-order valence-electron chi connectivity index (χ0n) is 10.3. The Labute approximate surface area is 98.8 Å². The van der Waals surface area contributed by atoms with Crippen LogP contribution in [0.15, 0.2) is 0 Å². The number of nitrogens with zero attached hydrogens (tertiary/aromatic N) is 2. The molecule has 2 fully saturated rings. The molecule has 1 heterocycles. The summed E-state index contributed by atoms with van der Waals surface area (Å²) < 4.78 is 0. The Morgan fingerprint density at radius 1 is 1.25 bits per heavy atom. The van der Waals surface area contributed by atoms with Crippen molar-refractivity contribution in [3.63, 3.8) is 0 Å². The molecule has 3 nitrogen and oxygen atoms in total. The molecule has 0 aromatic rings. The Morgan fingerprint density at radius 2 is 1.88 bits per heavy atom. The van der Waals surface area contributed by atoms with Crippen molar-refractivity contribution in [1.82, 2.24) is 10.2 Å². The monoisotopic (exact) mass is 221 g/mol. The molecule has 16 heavy (non-hydrogen) atoms. The molecule has 1 N–H and O–H groups in total. The fraction of sp³-hybridized carbons (Fsp3) is 0.923. The molecule has 90 valence electrons. The van der Waals surface area contributed by atoms with E-state index in [2.05, 4.69) is 16.3 Å². The Balaban J connectivity index is 1.96. The minimum absolute atomic E-state index is 0.273. The summed E-state index contributed by atoms with van der Waals surface area (Å²) in [6, 6.07) is 2.54. The lowest BCUT2D eigenvalue weighted by Gasteiger charge is -2.32. The van der Waals surface area contributed by atoms with Crippen molar-refractivity contribution in [2.45, 2.75) is 44.1 Å². The van der Waals surface area contributed by atoms with Crippen LogP contribution < -0.4 is 5.32 Å². The molecule has 2 aliphatic rings. The second-order valence-corrected chi connectivity index (χ2v) is 5.30. The van der Waals surface area contributed by atoms with E-state index in [-0.39, 0.29) is 5.54 Å². The second kappa shape index (κ2) is 5.16. The summed E-state index contributed by atoms with van der Waals surface area (Å²) in [6.07, 6.45) is 7.77. The van der Waals surface area contributed by atoms with Gasteiger partial charge in [-0.05, 0) is 51.7 Å². The van der Waals surface area contributed by atoms with E-state index in [9.17, 15) is 5.26 Å². The Hall–Kier alpha value is -0.590. The predicted octanol–water partition coefficient (Wildman–Crippen LogP) is 1.75. The number of likely N-dealkylation sites (tertiary alicyclic amines) is 1. The number of nitriles is 1. The minimum Gasteiger partial charge on any atom is -0.301 e. The topological polar surface area (TPSA) is 39.1 Å². The van der Waals surface area contributed by atoms with Gasteiger partial charge in [0.05, 0.1) is 6.07 Å². The van der Waals surface area contributed by atoms with Crippen molar-refractivity contribution in [3.05, 3.63) is 0 Å². The Kier molecular flexibility index (Phi) is 3.83. The van der Waals surface area contributed by atoms with Crippen LogP contribution in [-0.2, 0) is 0 Å². The van der Waals surface area contributed by atoms with E-state index in [1.54, 1.807) is 0 Å². The first-order valence-electron chi connectivity index (χ1n) is 6.63. The van der Waals surface area contributed by atoms with Crippen LogP contribution in [0.4, 0.5) is 0 Å². The highest BCUT2D eigenvalue weighted by atomic mass is 15.2. The van der Waals surface area contributed by atoms with Gasteiger partial charge in [0.25, 0.3) is 0 Å². The van der Waals surface area contributed by atoms with Gasteiger partial charge in [-0.3, -0.25) is 0 Å². The van der Waals surface area contributed by atoms with Crippen LogP contribution in [0.25, 0.3) is 0 Å². The third-order valence-electron chi connectivity index (χ3n) is 4.09. The van der Waals surface area contributed by atoms with Gasteiger partial charge in [0.15, 0.2) is 0 Å². The Morgan fingerprint density at radius 3 is 2.31 bits per heavy atom. The van der Waals surface area contributed by atoms with Gasteiger partial charge in [-0.1, -0.05) is 12.8 Å². The maximum Gasteiger partial charge on any atom is 0.122 e. The van der Waals surface area contributed by atoms with Crippen LogP contribution in [0.1, 0.15) is 38.5 Å². The molecule has 1 saturated heterocycles. The van der Waals surface area contributed by atoms with Gasteiger partial charge in [-0.15, -0.1) is 0 Å². The van der Waals surface area contributed by atoms with Crippen LogP contribution in [0.5, 0.6) is 0 Å². The molecule has 1 unspecified atom stereocenters. The second-order valence-electron chi connectivity index (χ2n) is 5.30. The smallest absolute Gasteiger partial charge is 0.122 e. The number of nitrogens with one attached hydrogen (secondary N) is 1. The lowest BCUT2D eigenvalue weighted by Crippen LogP contribution is -2.53. The normalized spacial score (nSPS) is 26.8. The van der Waals surface area contributed by atoms with Crippen LogP contribution in [-0.4, -0.2) is 37.1 Å². The molecule has 0 bridgehead atoms. The lowest BCUT2D eigenvalue weighted by molar-refractivity contribution is 0.208. The van der Waals surface area contributed by atoms with Gasteiger partial charge in [0.1, 0.15) is 5.54 Å². The van der Waals surface area contributed by atoms with E-state index in [0.29, 0.717) is 5.92 Å². The van der Waals surface area contributed by atoms with E-state index in [1.165, 1.54) is 51.6 Å². The molecule has 1 aliphatic carbocycles. The predicted molar refractivity (Wildman–Crippen MR) is 65.0 cm³/mol. The van der Waals surface area contributed by atoms with Gasteiger partial charge in [0.2, 0.25) is 0 Å². The molecule has 0 amide bonds. The lowest BCUT2D eigenvalue weighted by atomic mass is 9.94. The fourth-order valence-electron chi connectivity index (χ4n) is 2.82. The summed E-state index contributed by atoms with van der Waals surface area (Å²) >= 11 is 0. The van der Waals surface area contributed by atoms with Crippen molar-refractivity contribution < 1.29 is 0 Å². The quantitative estimate of drug-likeness (QED) is 0.786. The molecular weight excluding hydrogens is 198 g/mol. The van der Waals surface area contributed by atoms with Crippen molar-refractivity contribution in [3.8, 4) is 6.07 Å². The molecule has 3 heteroatoms. The summed E-state index contributed by atoms with van der Waals surface area (Å²) in [5, 5.41) is 12.7. The zero-order chi connectivity index (χ0) is 11.4. The summed E-state index contributed by atoms with van der Waals surface area (Å²) in [5.41, 5.74) is -0.273. The van der Waals surface area contributed by atoms with E-state index in [0.717, 1.165) is 6.54 Å². The standard InChI is InChI=1S/C13H23N3/c1-15-13(10-14,12-6-7-12)11-16-8-4-2-3-5-9-16/h12,15H,2-9,11H2,1H3. The molecule has 1 aliphatic heterocycles. The summed E-state index contributed by atoms with van der Waals surface area (Å²) in [5.74, 6) is 0.589. The number of likely N-dealkylation sites (N-methyl/N-ethyl adjacent to an activating group) is 1. The first kappa shape index (κ1) is 11.9. The molecular formula is C13H23N3. The summed E-state index contributed by atoms with van der Waals surface area (Å²) in [6.45, 7) is 3.28. The summed E-state index contributed by atoms with van der Waals surface area (Å²) in [4.78, 5) is 2.49. The van der Waals surface area contributed by atoms with Crippen LogP contribution in [0, 0.1) is 17.2 Å². The molecule has 1 atom stereocenters. The van der Waals surface area contributed by atoms with Gasteiger partial charge in [0, 0.05) is 6.54 Å². The van der Waals surface area contributed by atoms with Gasteiger partial charge >= 0.3 is 0 Å². The van der Waals surface area contributed by atoms with Crippen molar-refractivity contribution in [2.75, 3.05) is 26.7 Å². The highest BCUT2D eigenvalue weighted by Gasteiger charge is 2.45. The highest BCUT2D eigenvalue weighted by molar-refractivity contribution is 5.16. The fourth-order valence-corrected chi connectivity index (χ4v) is 2.82. The summed E-state index contributed by atoms with van der Waals surface area (Å²) in [7, 11) is 1.94. The largest absolute Gasteiger partial charge is 0.301 e. The molecule has 0 radical (unpaired) electrons. The molecule has 0 aromatic carbocycles. The van der Waals surface area contributed by atoms with E-state index >= 15 is 0 Å². The van der Waals surface area contributed by atoms with Crippen LogP contribution >= 0.6 is 0 Å². The first-order chi connectivity index (χ1) is 7.80. The number of hydrogen-bond donors (Lipinski definition) is 1. The van der Waals surface area contributed by atoms with Crippen LogP contribution in [0.3, 0.4) is 0 Å².